The zero-order valence-corrected chi connectivity index (χ0v) is 19.7. The van der Waals surface area contributed by atoms with Crippen LogP contribution in [0.4, 0.5) is 5.69 Å². The number of nitrogens with zero attached hydrogens (tertiary/aromatic N) is 2. The third-order valence-electron chi connectivity index (χ3n) is 5.37. The van der Waals surface area contributed by atoms with Crippen molar-refractivity contribution in [2.45, 2.75) is 13.0 Å². The molecule has 3 aromatic rings. The molecule has 0 spiro atoms. The number of rotatable bonds is 4. The molecule has 1 aliphatic heterocycles. The van der Waals surface area contributed by atoms with Gasteiger partial charge >= 0.3 is 5.97 Å². The topological polar surface area (TPSA) is 108 Å². The third kappa shape index (κ3) is 4.62. The lowest BCUT2D eigenvalue weighted by Crippen LogP contribution is -2.29. The summed E-state index contributed by atoms with van der Waals surface area (Å²) in [6.07, 6.45) is 0. The van der Waals surface area contributed by atoms with Gasteiger partial charge in [0.2, 0.25) is 0 Å². The third-order valence-corrected chi connectivity index (χ3v) is 6.11. The molecule has 1 amide bonds. The Morgan fingerprint density at radius 2 is 1.66 bits per heavy atom. The zero-order chi connectivity index (χ0) is 25.3. The molecular formula is C26H16Cl2N2O5. The van der Waals surface area contributed by atoms with E-state index in [9.17, 15) is 19.5 Å². The van der Waals surface area contributed by atoms with Gasteiger partial charge < -0.3 is 9.84 Å². The molecule has 9 heteroatoms. The lowest BCUT2D eigenvalue weighted by molar-refractivity contribution is -0.132. The smallest absolute Gasteiger partial charge is 0.308 e. The maximum atomic E-state index is 13.2. The largest absolute Gasteiger partial charge is 0.507 e. The second-order valence-corrected chi connectivity index (χ2v) is 8.43. The number of halogens is 2. The molecule has 1 heterocycles. The van der Waals surface area contributed by atoms with E-state index in [2.05, 4.69) is 0 Å². The maximum absolute atomic E-state index is 13.2. The highest BCUT2D eigenvalue weighted by atomic mass is 35.5. The molecule has 7 nitrogen and oxygen atoms in total. The van der Waals surface area contributed by atoms with Gasteiger partial charge in [0.05, 0.1) is 33.3 Å². The van der Waals surface area contributed by atoms with E-state index < -0.39 is 29.5 Å². The summed E-state index contributed by atoms with van der Waals surface area (Å²) in [6, 6.07) is 17.7. The van der Waals surface area contributed by atoms with E-state index in [0.29, 0.717) is 16.8 Å². The van der Waals surface area contributed by atoms with Crippen LogP contribution in [0.1, 0.15) is 29.7 Å². The van der Waals surface area contributed by atoms with Crippen molar-refractivity contribution < 1.29 is 24.2 Å². The van der Waals surface area contributed by atoms with Gasteiger partial charge in [-0.15, -0.1) is 0 Å². The number of ether oxygens (including phenoxy) is 1. The second kappa shape index (κ2) is 9.63. The standard InChI is InChI=1S/C26H16Cl2N2O5/c1-14(31)35-19-9-4-16(5-10-19)23-22(24(32)17-6-11-20(27)21(28)12-17)25(33)26(34)30(23)18-7-2-15(13-29)3-8-18/h2-12,23,32H,1H3/b24-22-. The van der Waals surface area contributed by atoms with E-state index in [1.54, 1.807) is 24.3 Å². The molecule has 1 unspecified atom stereocenters. The normalized spacial score (nSPS) is 16.7. The predicted octanol–water partition coefficient (Wildman–Crippen LogP) is 5.42. The number of hydrogen-bond donors (Lipinski definition) is 1. The van der Waals surface area contributed by atoms with Crippen LogP contribution in [-0.4, -0.2) is 22.8 Å². The number of aliphatic hydroxyl groups is 1. The van der Waals surface area contributed by atoms with Gasteiger partial charge in [-0.1, -0.05) is 35.3 Å². The Kier molecular flexibility index (Phi) is 6.61. The second-order valence-electron chi connectivity index (χ2n) is 7.62. The number of esters is 1. The Bertz CT molecular complexity index is 1420. The number of aliphatic hydroxyl groups excluding tert-OH is 1. The Hall–Kier alpha value is -4.12. The highest BCUT2D eigenvalue weighted by molar-refractivity contribution is 6.51. The van der Waals surface area contributed by atoms with Crippen molar-refractivity contribution in [3.05, 3.63) is 99.0 Å². The number of hydrogen-bond acceptors (Lipinski definition) is 6. The molecule has 1 N–H and O–H groups in total. The van der Waals surface area contributed by atoms with Gasteiger partial charge in [-0.25, -0.2) is 0 Å². The molecule has 3 aromatic carbocycles. The van der Waals surface area contributed by atoms with Crippen LogP contribution >= 0.6 is 23.2 Å². The van der Waals surface area contributed by atoms with Crippen LogP contribution in [0.2, 0.25) is 10.0 Å². The number of carbonyl (C=O) groups excluding carboxylic acids is 3. The molecule has 174 valence electrons. The first-order chi connectivity index (χ1) is 16.7. The molecule has 0 bridgehead atoms. The molecule has 0 radical (unpaired) electrons. The number of carbonyl (C=O) groups is 3. The van der Waals surface area contributed by atoms with Crippen molar-refractivity contribution in [3.8, 4) is 11.8 Å². The Labute approximate surface area is 210 Å². The summed E-state index contributed by atoms with van der Waals surface area (Å²) < 4.78 is 5.07. The van der Waals surface area contributed by atoms with Gasteiger partial charge in [-0.2, -0.15) is 5.26 Å². The number of ketones is 1. The number of anilines is 1. The number of nitriles is 1. The first kappa shape index (κ1) is 24.0. The van der Waals surface area contributed by atoms with Crippen LogP contribution in [0.5, 0.6) is 5.75 Å². The fourth-order valence-corrected chi connectivity index (χ4v) is 4.09. The van der Waals surface area contributed by atoms with Crippen molar-refractivity contribution in [2.75, 3.05) is 4.90 Å². The van der Waals surface area contributed by atoms with Gasteiger partial charge in [0.15, 0.2) is 0 Å². The molecule has 0 saturated carbocycles. The van der Waals surface area contributed by atoms with Gasteiger partial charge in [0.1, 0.15) is 11.5 Å². The molecule has 4 rings (SSSR count). The van der Waals surface area contributed by atoms with Crippen LogP contribution in [-0.2, 0) is 14.4 Å². The quantitative estimate of drug-likeness (QED) is 0.166. The summed E-state index contributed by atoms with van der Waals surface area (Å²) in [7, 11) is 0. The fourth-order valence-electron chi connectivity index (χ4n) is 3.79. The molecule has 1 aliphatic rings. The molecule has 1 fully saturated rings. The molecule has 0 aliphatic carbocycles. The minimum absolute atomic E-state index is 0.155. The average Bonchev–Trinajstić information content (AvgIpc) is 3.11. The van der Waals surface area contributed by atoms with Crippen LogP contribution < -0.4 is 9.64 Å². The Morgan fingerprint density at radius 1 is 1.00 bits per heavy atom. The predicted molar refractivity (Wildman–Crippen MR) is 130 cm³/mol. The summed E-state index contributed by atoms with van der Waals surface area (Å²) in [6.45, 7) is 1.27. The lowest BCUT2D eigenvalue weighted by Gasteiger charge is -2.25. The van der Waals surface area contributed by atoms with E-state index in [4.69, 9.17) is 33.2 Å². The molecule has 0 aromatic heterocycles. The first-order valence-corrected chi connectivity index (χ1v) is 11.0. The molecule has 1 saturated heterocycles. The average molecular weight is 507 g/mol. The van der Waals surface area contributed by atoms with Gasteiger partial charge in [-0.05, 0) is 60.2 Å². The highest BCUT2D eigenvalue weighted by Crippen LogP contribution is 2.43. The Morgan fingerprint density at radius 3 is 2.23 bits per heavy atom. The highest BCUT2D eigenvalue weighted by Gasteiger charge is 2.47. The summed E-state index contributed by atoms with van der Waals surface area (Å²) in [4.78, 5) is 38.9. The number of benzene rings is 3. The van der Waals surface area contributed by atoms with Crippen LogP contribution in [0.3, 0.4) is 0 Å². The summed E-state index contributed by atoms with van der Waals surface area (Å²) in [5, 5.41) is 20.7. The van der Waals surface area contributed by atoms with E-state index in [0.717, 1.165) is 0 Å². The molecular weight excluding hydrogens is 491 g/mol. The first-order valence-electron chi connectivity index (χ1n) is 10.3. The van der Waals surface area contributed by atoms with E-state index in [1.165, 1.54) is 54.3 Å². The van der Waals surface area contributed by atoms with Crippen LogP contribution in [0.15, 0.2) is 72.3 Å². The summed E-state index contributed by atoms with van der Waals surface area (Å²) >= 11 is 12.1. The molecule has 35 heavy (non-hydrogen) atoms. The van der Waals surface area contributed by atoms with E-state index in [1.807, 2.05) is 6.07 Å². The van der Waals surface area contributed by atoms with Crippen molar-refractivity contribution in [2.24, 2.45) is 0 Å². The molecule has 1 atom stereocenters. The van der Waals surface area contributed by atoms with Crippen molar-refractivity contribution in [1.29, 1.82) is 5.26 Å². The van der Waals surface area contributed by atoms with Gasteiger partial charge in [0, 0.05) is 18.2 Å². The Balaban J connectivity index is 1.90. The SMILES string of the molecule is CC(=O)Oc1ccc(C2/C(=C(/O)c3ccc(Cl)c(Cl)c3)C(=O)C(=O)N2c2ccc(C#N)cc2)cc1. The van der Waals surface area contributed by atoms with Crippen molar-refractivity contribution in [3.63, 3.8) is 0 Å². The monoisotopic (exact) mass is 506 g/mol. The minimum Gasteiger partial charge on any atom is -0.507 e. The summed E-state index contributed by atoms with van der Waals surface area (Å²) in [5.74, 6) is -2.40. The maximum Gasteiger partial charge on any atom is 0.308 e. The van der Waals surface area contributed by atoms with Gasteiger partial charge in [0.25, 0.3) is 11.7 Å². The van der Waals surface area contributed by atoms with Crippen LogP contribution in [0.25, 0.3) is 5.76 Å². The zero-order valence-electron chi connectivity index (χ0n) is 18.2. The van der Waals surface area contributed by atoms with Crippen LogP contribution in [0, 0.1) is 11.3 Å². The number of Topliss-reactive ketones (excluding diaryl/α,β-unsaturated/α-hetero) is 1. The minimum atomic E-state index is -1.01. The lowest BCUT2D eigenvalue weighted by atomic mass is 9.95. The van der Waals surface area contributed by atoms with E-state index >= 15 is 0 Å². The van der Waals surface area contributed by atoms with Gasteiger partial charge in [-0.3, -0.25) is 19.3 Å². The summed E-state index contributed by atoms with van der Waals surface area (Å²) in [5.41, 5.74) is 1.26. The van der Waals surface area contributed by atoms with E-state index in [-0.39, 0.29) is 26.9 Å². The van der Waals surface area contributed by atoms with Crippen molar-refractivity contribution in [1.82, 2.24) is 0 Å². The number of amides is 1. The fraction of sp³-hybridized carbons (Fsp3) is 0.0769. The van der Waals surface area contributed by atoms with Crippen molar-refractivity contribution >= 4 is 52.3 Å².